The summed E-state index contributed by atoms with van der Waals surface area (Å²) < 4.78 is 20.1. The van der Waals surface area contributed by atoms with Crippen molar-refractivity contribution in [2.75, 3.05) is 59.5 Å². The Balaban J connectivity index is 0. The molecule has 0 radical (unpaired) electrons. The third kappa shape index (κ3) is 26.9. The second-order valence-corrected chi connectivity index (χ2v) is 5.05. The van der Waals surface area contributed by atoms with Gasteiger partial charge >= 0.3 is 0 Å². The third-order valence-electron chi connectivity index (χ3n) is 2.17. The van der Waals surface area contributed by atoms with E-state index >= 15 is 0 Å². The molecule has 3 unspecified atom stereocenters. The van der Waals surface area contributed by atoms with Gasteiger partial charge in [0, 0.05) is 0 Å². The van der Waals surface area contributed by atoms with Gasteiger partial charge in [-0.2, -0.15) is 0 Å². The van der Waals surface area contributed by atoms with E-state index in [0.29, 0.717) is 46.2 Å². The molecule has 0 aromatic heterocycles. The summed E-state index contributed by atoms with van der Waals surface area (Å²) in [4.78, 5) is 0. The molecule has 0 rings (SSSR count). The molecule has 0 spiro atoms. The first-order valence-electron chi connectivity index (χ1n) is 7.86. The van der Waals surface area contributed by atoms with Crippen molar-refractivity contribution in [2.24, 2.45) is 0 Å². The van der Waals surface area contributed by atoms with E-state index in [1.165, 1.54) is 0 Å². The number of rotatable bonds is 14. The molecule has 0 amide bonds. The van der Waals surface area contributed by atoms with Crippen LogP contribution in [0.1, 0.15) is 20.8 Å². The first-order chi connectivity index (χ1) is 10.9. The minimum Gasteiger partial charge on any atom is -0.394 e. The quantitative estimate of drug-likeness (QED) is 0.302. The maximum Gasteiger partial charge on any atom is 0.0781 e. The average Bonchev–Trinajstić information content (AvgIpc) is 2.49. The molecule has 4 N–H and O–H groups in total. The van der Waals surface area contributed by atoms with Crippen LogP contribution in [0.2, 0.25) is 0 Å². The molecule has 8 nitrogen and oxygen atoms in total. The van der Waals surface area contributed by atoms with Crippen molar-refractivity contribution in [1.82, 2.24) is 0 Å². The second kappa shape index (κ2) is 19.7. The van der Waals surface area contributed by atoms with Gasteiger partial charge in [-0.05, 0) is 20.8 Å². The fourth-order valence-corrected chi connectivity index (χ4v) is 1.24. The van der Waals surface area contributed by atoms with Crippen molar-refractivity contribution in [1.29, 1.82) is 0 Å². The Morgan fingerprint density at radius 3 is 1.48 bits per heavy atom. The Labute approximate surface area is 138 Å². The molecule has 0 heterocycles. The number of hydrogen-bond acceptors (Lipinski definition) is 8. The lowest BCUT2D eigenvalue weighted by Gasteiger charge is -2.11. The summed E-state index contributed by atoms with van der Waals surface area (Å²) in [7, 11) is 0. The lowest BCUT2D eigenvalue weighted by atomic mass is 10.4. The second-order valence-electron chi connectivity index (χ2n) is 5.05. The van der Waals surface area contributed by atoms with Gasteiger partial charge in [-0.25, -0.2) is 0 Å². The van der Waals surface area contributed by atoms with Gasteiger partial charge in [0.15, 0.2) is 0 Å². The number of ether oxygens (including phenoxy) is 4. The van der Waals surface area contributed by atoms with Crippen LogP contribution in [-0.4, -0.2) is 98.2 Å². The predicted octanol–water partition coefficient (Wildman–Crippen LogP) is -0.826. The lowest BCUT2D eigenvalue weighted by Crippen LogP contribution is -2.18. The maximum absolute atomic E-state index is 8.79. The number of hydrogen-bond donors (Lipinski definition) is 4. The van der Waals surface area contributed by atoms with Crippen molar-refractivity contribution >= 4 is 0 Å². The fraction of sp³-hybridized carbons (Fsp3) is 1.00. The maximum atomic E-state index is 8.79. The molecule has 142 valence electrons. The largest absolute Gasteiger partial charge is 0.394 e. The van der Waals surface area contributed by atoms with Gasteiger partial charge in [0.1, 0.15) is 0 Å². The Morgan fingerprint density at radius 2 is 1.09 bits per heavy atom. The molecule has 0 saturated carbocycles. The zero-order chi connectivity index (χ0) is 17.9. The number of aliphatic hydroxyl groups is 4. The highest BCUT2D eigenvalue weighted by Crippen LogP contribution is 1.90. The van der Waals surface area contributed by atoms with Gasteiger partial charge in [0.05, 0.1) is 77.8 Å². The Bertz CT molecular complexity index is 202. The van der Waals surface area contributed by atoms with Crippen LogP contribution in [0.15, 0.2) is 0 Å². The van der Waals surface area contributed by atoms with Gasteiger partial charge in [0.2, 0.25) is 0 Å². The molecule has 0 aromatic rings. The minimum atomic E-state index is -0.429. The molecular formula is C15H34O8. The molecule has 23 heavy (non-hydrogen) atoms. The zero-order valence-electron chi connectivity index (χ0n) is 14.5. The Hall–Kier alpha value is -0.320. The fourth-order valence-electron chi connectivity index (χ4n) is 1.24. The summed E-state index contributed by atoms with van der Waals surface area (Å²) in [6.45, 7) is 7.96. The normalized spacial score (nSPS) is 14.7. The molecule has 0 fully saturated rings. The van der Waals surface area contributed by atoms with Crippen LogP contribution in [0.4, 0.5) is 0 Å². The highest BCUT2D eigenvalue weighted by atomic mass is 16.5. The van der Waals surface area contributed by atoms with E-state index in [1.807, 2.05) is 6.92 Å². The summed E-state index contributed by atoms with van der Waals surface area (Å²) >= 11 is 0. The Kier molecular flexibility index (Phi) is 21.4. The smallest absolute Gasteiger partial charge is 0.0781 e. The summed E-state index contributed by atoms with van der Waals surface area (Å²) in [5.41, 5.74) is 0. The highest BCUT2D eigenvalue weighted by Gasteiger charge is 2.00. The average molecular weight is 342 g/mol. The van der Waals surface area contributed by atoms with Crippen LogP contribution in [0.5, 0.6) is 0 Å². The van der Waals surface area contributed by atoms with E-state index in [9.17, 15) is 0 Å². The van der Waals surface area contributed by atoms with Gasteiger partial charge in [-0.15, -0.1) is 0 Å². The van der Waals surface area contributed by atoms with Gasteiger partial charge in [0.25, 0.3) is 0 Å². The summed E-state index contributed by atoms with van der Waals surface area (Å²) in [6.07, 6.45) is -0.878. The van der Waals surface area contributed by atoms with Crippen LogP contribution in [-0.2, 0) is 18.9 Å². The van der Waals surface area contributed by atoms with Crippen LogP contribution in [0, 0.1) is 0 Å². The molecule has 3 atom stereocenters. The SMILES string of the molecule is CC(COCCO)OCCO.CC(O)COCCOCC(C)O. The molecule has 0 saturated heterocycles. The number of aliphatic hydroxyl groups excluding tert-OH is 4. The monoisotopic (exact) mass is 342 g/mol. The van der Waals surface area contributed by atoms with E-state index < -0.39 is 12.2 Å². The van der Waals surface area contributed by atoms with Crippen LogP contribution in [0.3, 0.4) is 0 Å². The zero-order valence-corrected chi connectivity index (χ0v) is 14.5. The molecule has 0 bridgehead atoms. The topological polar surface area (TPSA) is 118 Å². The van der Waals surface area contributed by atoms with E-state index in [4.69, 9.17) is 39.4 Å². The van der Waals surface area contributed by atoms with Crippen LogP contribution < -0.4 is 0 Å². The summed E-state index contributed by atoms with van der Waals surface area (Å²) in [6, 6.07) is 0. The third-order valence-corrected chi connectivity index (χ3v) is 2.17. The molecule has 0 aromatic carbocycles. The van der Waals surface area contributed by atoms with Crippen molar-refractivity contribution in [3.63, 3.8) is 0 Å². The van der Waals surface area contributed by atoms with Gasteiger partial charge in [-0.3, -0.25) is 0 Å². The minimum absolute atomic E-state index is 0.0197. The van der Waals surface area contributed by atoms with E-state index in [2.05, 4.69) is 0 Å². The van der Waals surface area contributed by atoms with E-state index in [1.54, 1.807) is 13.8 Å². The predicted molar refractivity (Wildman–Crippen MR) is 85.4 cm³/mol. The van der Waals surface area contributed by atoms with Crippen molar-refractivity contribution in [3.05, 3.63) is 0 Å². The summed E-state index contributed by atoms with van der Waals surface area (Å²) in [5.74, 6) is 0. The first kappa shape index (κ1) is 24.9. The van der Waals surface area contributed by atoms with E-state index in [-0.39, 0.29) is 19.3 Å². The van der Waals surface area contributed by atoms with Gasteiger partial charge < -0.3 is 39.4 Å². The molecule has 0 aliphatic rings. The standard InChI is InChI=1S/C8H18O4.C7H16O4/c1-7(9)5-11-3-4-12-6-8(2)10;1-7(11-5-3-9)6-10-4-2-8/h7-10H,3-6H2,1-2H3;7-9H,2-6H2,1H3. The molecule has 8 heteroatoms. The molecule has 0 aliphatic heterocycles. The van der Waals surface area contributed by atoms with E-state index in [0.717, 1.165) is 0 Å². The Morgan fingerprint density at radius 1 is 0.652 bits per heavy atom. The highest BCUT2D eigenvalue weighted by molar-refractivity contribution is 4.46. The van der Waals surface area contributed by atoms with Crippen LogP contribution >= 0.6 is 0 Å². The molecular weight excluding hydrogens is 308 g/mol. The van der Waals surface area contributed by atoms with Gasteiger partial charge in [-0.1, -0.05) is 0 Å². The van der Waals surface area contributed by atoms with Crippen LogP contribution in [0.25, 0.3) is 0 Å². The lowest BCUT2D eigenvalue weighted by molar-refractivity contribution is -0.0246. The summed E-state index contributed by atoms with van der Waals surface area (Å²) in [5, 5.41) is 34.3. The van der Waals surface area contributed by atoms with Crippen molar-refractivity contribution < 1.29 is 39.4 Å². The van der Waals surface area contributed by atoms with Crippen molar-refractivity contribution in [3.8, 4) is 0 Å². The first-order valence-corrected chi connectivity index (χ1v) is 7.86. The van der Waals surface area contributed by atoms with Crippen molar-refractivity contribution in [2.45, 2.75) is 39.1 Å². The molecule has 0 aliphatic carbocycles.